The average Bonchev–Trinajstić information content (AvgIpc) is 2.58. The van der Waals surface area contributed by atoms with Gasteiger partial charge in [-0.1, -0.05) is 0 Å². The number of piperazine rings is 1. The molecule has 2 heterocycles. The first-order valence-electron chi connectivity index (χ1n) is 8.34. The van der Waals surface area contributed by atoms with Gasteiger partial charge in [0.1, 0.15) is 5.69 Å². The molecule has 132 valence electrons. The van der Waals surface area contributed by atoms with Crippen molar-refractivity contribution in [1.29, 1.82) is 0 Å². The second-order valence-corrected chi connectivity index (χ2v) is 6.44. The van der Waals surface area contributed by atoms with Gasteiger partial charge in [-0.3, -0.25) is 14.6 Å². The highest BCUT2D eigenvalue weighted by atomic mass is 16.2. The molecule has 0 spiro atoms. The predicted molar refractivity (Wildman–Crippen MR) is 93.1 cm³/mol. The molecule has 24 heavy (non-hydrogen) atoms. The summed E-state index contributed by atoms with van der Waals surface area (Å²) < 4.78 is 0. The predicted octanol–water partition coefficient (Wildman–Crippen LogP) is 0.151. The van der Waals surface area contributed by atoms with E-state index in [9.17, 15) is 9.59 Å². The summed E-state index contributed by atoms with van der Waals surface area (Å²) in [6, 6.07) is 3.23. The van der Waals surface area contributed by atoms with E-state index in [1.807, 2.05) is 21.1 Å². The summed E-state index contributed by atoms with van der Waals surface area (Å²) in [6.45, 7) is 4.64. The van der Waals surface area contributed by atoms with Crippen LogP contribution < -0.4 is 5.32 Å². The van der Waals surface area contributed by atoms with Crippen LogP contribution in [-0.2, 0) is 0 Å². The number of hydrogen-bond donors (Lipinski definition) is 1. The fraction of sp³-hybridized carbons (Fsp3) is 0.588. The largest absolute Gasteiger partial charge is 0.352 e. The lowest BCUT2D eigenvalue weighted by Crippen LogP contribution is -2.47. The topological polar surface area (TPSA) is 68.8 Å². The number of nitrogens with one attached hydrogen (secondary N) is 1. The van der Waals surface area contributed by atoms with Gasteiger partial charge in [-0.15, -0.1) is 0 Å². The molecule has 0 unspecified atom stereocenters. The number of pyridine rings is 1. The SMILES string of the molecule is CN(C)CCCNC(=O)c1ccnc(C(=O)N2CCN(C)CC2)c1. The van der Waals surface area contributed by atoms with E-state index in [-0.39, 0.29) is 11.8 Å². The van der Waals surface area contributed by atoms with Crippen molar-refractivity contribution in [3.8, 4) is 0 Å². The van der Waals surface area contributed by atoms with Crippen LogP contribution in [0.4, 0.5) is 0 Å². The van der Waals surface area contributed by atoms with Gasteiger partial charge in [-0.2, -0.15) is 0 Å². The van der Waals surface area contributed by atoms with Crippen molar-refractivity contribution in [3.63, 3.8) is 0 Å². The molecular formula is C17H27N5O2. The van der Waals surface area contributed by atoms with Crippen LogP contribution in [0.3, 0.4) is 0 Å². The number of aromatic nitrogens is 1. The zero-order chi connectivity index (χ0) is 17.5. The average molecular weight is 333 g/mol. The van der Waals surface area contributed by atoms with Crippen LogP contribution in [0.5, 0.6) is 0 Å². The Hall–Kier alpha value is -1.99. The van der Waals surface area contributed by atoms with Crippen LogP contribution in [-0.4, -0.2) is 91.9 Å². The fourth-order valence-electron chi connectivity index (χ4n) is 2.56. The number of hydrogen-bond acceptors (Lipinski definition) is 5. The van der Waals surface area contributed by atoms with Gasteiger partial charge in [0.25, 0.3) is 11.8 Å². The van der Waals surface area contributed by atoms with Crippen LogP contribution in [0.15, 0.2) is 18.3 Å². The lowest BCUT2D eigenvalue weighted by Gasteiger charge is -2.32. The second-order valence-electron chi connectivity index (χ2n) is 6.44. The lowest BCUT2D eigenvalue weighted by molar-refractivity contribution is 0.0658. The van der Waals surface area contributed by atoms with Crippen molar-refractivity contribution in [3.05, 3.63) is 29.6 Å². The molecule has 7 nitrogen and oxygen atoms in total. The maximum Gasteiger partial charge on any atom is 0.272 e. The normalized spacial score (nSPS) is 15.6. The molecule has 0 radical (unpaired) electrons. The van der Waals surface area contributed by atoms with E-state index in [0.29, 0.717) is 30.9 Å². The van der Waals surface area contributed by atoms with Crippen molar-refractivity contribution in [2.45, 2.75) is 6.42 Å². The molecule has 0 aromatic carbocycles. The van der Waals surface area contributed by atoms with Crippen LogP contribution in [0.1, 0.15) is 27.3 Å². The van der Waals surface area contributed by atoms with Gasteiger partial charge in [-0.25, -0.2) is 0 Å². The molecule has 2 amide bonds. The van der Waals surface area contributed by atoms with Gasteiger partial charge >= 0.3 is 0 Å². The van der Waals surface area contributed by atoms with Crippen molar-refractivity contribution in [1.82, 2.24) is 25.0 Å². The summed E-state index contributed by atoms with van der Waals surface area (Å²) in [4.78, 5) is 34.9. The number of carbonyl (C=O) groups excluding carboxylic acids is 2. The molecule has 0 atom stereocenters. The molecule has 1 aromatic rings. The highest BCUT2D eigenvalue weighted by molar-refractivity contribution is 5.98. The minimum atomic E-state index is -0.163. The molecule has 1 N–H and O–H groups in total. The van der Waals surface area contributed by atoms with E-state index in [2.05, 4.69) is 20.1 Å². The van der Waals surface area contributed by atoms with E-state index in [4.69, 9.17) is 0 Å². The first-order chi connectivity index (χ1) is 11.5. The zero-order valence-corrected chi connectivity index (χ0v) is 14.8. The van der Waals surface area contributed by atoms with Gasteiger partial charge in [-0.05, 0) is 46.2 Å². The minimum absolute atomic E-state index is 0.106. The van der Waals surface area contributed by atoms with Crippen molar-refractivity contribution >= 4 is 11.8 Å². The summed E-state index contributed by atoms with van der Waals surface area (Å²) >= 11 is 0. The first kappa shape index (κ1) is 18.4. The van der Waals surface area contributed by atoms with E-state index in [0.717, 1.165) is 26.1 Å². The van der Waals surface area contributed by atoms with E-state index in [1.165, 1.54) is 6.20 Å². The van der Waals surface area contributed by atoms with Crippen molar-refractivity contribution in [2.75, 3.05) is 60.4 Å². The van der Waals surface area contributed by atoms with Gasteiger partial charge in [0, 0.05) is 44.5 Å². The number of carbonyl (C=O) groups is 2. The summed E-state index contributed by atoms with van der Waals surface area (Å²) in [5, 5.41) is 2.88. The highest BCUT2D eigenvalue weighted by Crippen LogP contribution is 2.08. The van der Waals surface area contributed by atoms with Crippen molar-refractivity contribution < 1.29 is 9.59 Å². The number of amides is 2. The maximum atomic E-state index is 12.5. The smallest absolute Gasteiger partial charge is 0.272 e. The molecule has 0 bridgehead atoms. The third-order valence-electron chi connectivity index (χ3n) is 4.10. The monoisotopic (exact) mass is 333 g/mol. The summed E-state index contributed by atoms with van der Waals surface area (Å²) in [5.41, 5.74) is 0.813. The van der Waals surface area contributed by atoms with Crippen LogP contribution in [0.2, 0.25) is 0 Å². The number of rotatable bonds is 6. The molecule has 1 aliphatic heterocycles. The Morgan fingerprint density at radius 3 is 2.62 bits per heavy atom. The molecule has 2 rings (SSSR count). The lowest BCUT2D eigenvalue weighted by atomic mass is 10.2. The molecule has 1 fully saturated rings. The molecule has 0 saturated carbocycles. The molecule has 1 aliphatic rings. The second kappa shape index (κ2) is 8.75. The molecule has 7 heteroatoms. The van der Waals surface area contributed by atoms with Gasteiger partial charge in [0.2, 0.25) is 0 Å². The number of nitrogens with zero attached hydrogens (tertiary/aromatic N) is 4. The quantitative estimate of drug-likeness (QED) is 0.751. The summed E-state index contributed by atoms with van der Waals surface area (Å²) in [6.07, 6.45) is 2.41. The summed E-state index contributed by atoms with van der Waals surface area (Å²) in [7, 11) is 6.04. The van der Waals surface area contributed by atoms with Crippen LogP contribution >= 0.6 is 0 Å². The van der Waals surface area contributed by atoms with Crippen LogP contribution in [0, 0.1) is 0 Å². The zero-order valence-electron chi connectivity index (χ0n) is 14.8. The van der Waals surface area contributed by atoms with Gasteiger partial charge in [0.15, 0.2) is 0 Å². The Morgan fingerprint density at radius 1 is 1.25 bits per heavy atom. The Morgan fingerprint density at radius 2 is 1.96 bits per heavy atom. The van der Waals surface area contributed by atoms with E-state index < -0.39 is 0 Å². The Labute approximate surface area is 143 Å². The van der Waals surface area contributed by atoms with E-state index in [1.54, 1.807) is 17.0 Å². The van der Waals surface area contributed by atoms with Gasteiger partial charge in [0.05, 0.1) is 0 Å². The van der Waals surface area contributed by atoms with Crippen LogP contribution in [0.25, 0.3) is 0 Å². The van der Waals surface area contributed by atoms with Gasteiger partial charge < -0.3 is 20.0 Å². The minimum Gasteiger partial charge on any atom is -0.352 e. The summed E-state index contributed by atoms with van der Waals surface area (Å²) in [5.74, 6) is -0.269. The molecule has 1 saturated heterocycles. The third-order valence-corrected chi connectivity index (χ3v) is 4.10. The Kier molecular flexibility index (Phi) is 6.69. The third kappa shape index (κ3) is 5.28. The maximum absolute atomic E-state index is 12.5. The Bertz CT molecular complexity index is 568. The van der Waals surface area contributed by atoms with Crippen molar-refractivity contribution in [2.24, 2.45) is 0 Å². The standard InChI is InChI=1S/C17H27N5O2/c1-20(2)8-4-6-19-16(23)14-5-7-18-15(13-14)17(24)22-11-9-21(3)10-12-22/h5,7,13H,4,6,8-12H2,1-3H3,(H,19,23). The molecule has 0 aliphatic carbocycles. The molecule has 1 aromatic heterocycles. The highest BCUT2D eigenvalue weighted by Gasteiger charge is 2.22. The first-order valence-corrected chi connectivity index (χ1v) is 8.34. The Balaban J connectivity index is 1.93. The number of likely N-dealkylation sites (N-methyl/N-ethyl adjacent to an activating group) is 1. The fourth-order valence-corrected chi connectivity index (χ4v) is 2.56. The van der Waals surface area contributed by atoms with E-state index >= 15 is 0 Å². The molecular weight excluding hydrogens is 306 g/mol.